The van der Waals surface area contributed by atoms with Crippen molar-refractivity contribution in [3.63, 3.8) is 0 Å². The van der Waals surface area contributed by atoms with Gasteiger partial charge in [-0.05, 0) is 29.8 Å². The van der Waals surface area contributed by atoms with Crippen molar-refractivity contribution < 1.29 is 0 Å². The molecule has 0 heterocycles. The van der Waals surface area contributed by atoms with Crippen LogP contribution in [0.1, 0.15) is 11.1 Å². The highest BCUT2D eigenvalue weighted by molar-refractivity contribution is 6.18. The van der Waals surface area contributed by atoms with Crippen molar-refractivity contribution in [3.05, 3.63) is 162 Å². The van der Waals surface area contributed by atoms with Crippen molar-refractivity contribution in [2.45, 2.75) is 0 Å². The quantitative estimate of drug-likeness (QED) is 0.313. The molecule has 5 rings (SSSR count). The fourth-order valence-corrected chi connectivity index (χ4v) is 3.92. The Morgan fingerprint density at radius 2 is 1.12 bits per heavy atom. The largest absolute Gasteiger partial charge is 0.355 e. The van der Waals surface area contributed by atoms with Crippen LogP contribution >= 0.6 is 0 Å². The number of nitrogens with zero attached hydrogens (tertiary/aromatic N) is 1. The lowest BCUT2D eigenvalue weighted by molar-refractivity contribution is 1.45. The predicted octanol–water partition coefficient (Wildman–Crippen LogP) is 7.83. The summed E-state index contributed by atoms with van der Waals surface area (Å²) in [5, 5.41) is 3.67. The Bertz CT molecular complexity index is 1330. The van der Waals surface area contributed by atoms with Crippen molar-refractivity contribution in [2.24, 2.45) is 4.99 Å². The molecule has 0 fully saturated rings. The van der Waals surface area contributed by atoms with Crippen LogP contribution in [0.3, 0.4) is 0 Å². The first-order valence-corrected chi connectivity index (χ1v) is 11.1. The number of aliphatic imine (C=N–C) groups is 1. The number of nitrogens with one attached hydrogen (secondary N) is 1. The second-order valence-corrected chi connectivity index (χ2v) is 7.75. The summed E-state index contributed by atoms with van der Waals surface area (Å²) in [4.78, 5) is 5.09. The predicted molar refractivity (Wildman–Crippen MR) is 140 cm³/mol. The van der Waals surface area contributed by atoms with Crippen molar-refractivity contribution in [3.8, 4) is 0 Å². The Morgan fingerprint density at radius 3 is 1.76 bits per heavy atom. The van der Waals surface area contributed by atoms with E-state index in [-0.39, 0.29) is 0 Å². The Morgan fingerprint density at radius 1 is 0.576 bits per heavy atom. The minimum atomic E-state index is 0.931. The van der Waals surface area contributed by atoms with Crippen molar-refractivity contribution in [1.29, 1.82) is 0 Å². The third-order valence-electron chi connectivity index (χ3n) is 5.49. The molecule has 1 aliphatic rings. The zero-order chi connectivity index (χ0) is 22.3. The fraction of sp³-hybridized carbons (Fsp3) is 0. The lowest BCUT2D eigenvalue weighted by atomic mass is 9.94. The van der Waals surface area contributed by atoms with E-state index in [0.717, 1.165) is 45.1 Å². The molecule has 33 heavy (non-hydrogen) atoms. The molecule has 2 nitrogen and oxygen atoms in total. The van der Waals surface area contributed by atoms with Crippen LogP contribution < -0.4 is 5.32 Å². The Hall–Kier alpha value is -4.43. The Labute approximate surface area is 195 Å². The summed E-state index contributed by atoms with van der Waals surface area (Å²) in [5.41, 5.74) is 8.40. The number of anilines is 1. The molecule has 0 aliphatic heterocycles. The lowest BCUT2D eigenvalue weighted by Crippen LogP contribution is -2.10. The third kappa shape index (κ3) is 4.76. The normalized spacial score (nSPS) is 14.7. The molecular weight excluding hydrogens is 400 g/mol. The highest BCUT2D eigenvalue weighted by atomic mass is 14.9. The molecule has 0 saturated heterocycles. The third-order valence-corrected chi connectivity index (χ3v) is 5.49. The van der Waals surface area contributed by atoms with Gasteiger partial charge in [0.05, 0.1) is 17.1 Å². The van der Waals surface area contributed by atoms with Gasteiger partial charge >= 0.3 is 0 Å². The van der Waals surface area contributed by atoms with Crippen LogP contribution in [0.4, 0.5) is 11.4 Å². The molecule has 2 heteroatoms. The van der Waals surface area contributed by atoms with Crippen molar-refractivity contribution in [2.75, 3.05) is 5.32 Å². The van der Waals surface area contributed by atoms with Crippen LogP contribution in [0.25, 0.3) is 5.70 Å². The van der Waals surface area contributed by atoms with E-state index in [0.29, 0.717) is 0 Å². The summed E-state index contributed by atoms with van der Waals surface area (Å²) in [6.45, 7) is 0. The van der Waals surface area contributed by atoms with E-state index in [1.807, 2.05) is 60.7 Å². The number of hydrogen-bond donors (Lipinski definition) is 1. The van der Waals surface area contributed by atoms with E-state index in [1.165, 1.54) is 0 Å². The monoisotopic (exact) mass is 424 g/mol. The smallest absolute Gasteiger partial charge is 0.0788 e. The summed E-state index contributed by atoms with van der Waals surface area (Å²) >= 11 is 0. The highest BCUT2D eigenvalue weighted by Gasteiger charge is 2.20. The van der Waals surface area contributed by atoms with Gasteiger partial charge in [0.15, 0.2) is 0 Å². The van der Waals surface area contributed by atoms with Crippen molar-refractivity contribution >= 4 is 22.8 Å². The number of hydrogen-bond acceptors (Lipinski definition) is 2. The van der Waals surface area contributed by atoms with Crippen LogP contribution in [0, 0.1) is 0 Å². The minimum absolute atomic E-state index is 0.931. The average Bonchev–Trinajstić information content (AvgIpc) is 3.37. The van der Waals surface area contributed by atoms with E-state index in [2.05, 4.69) is 84.2 Å². The standard InChI is InChI=1S/C31H24N2/c1-5-14-24(15-6-1)30(32-26-18-9-3-10-19-26)28-22-13-23-29(28)31(25-16-7-2-8-17-25)33-27-20-11-4-12-21-27/h1-23,32H/b30-28-,33-31?. The Kier molecular flexibility index (Phi) is 6.08. The van der Waals surface area contributed by atoms with Gasteiger partial charge in [0.25, 0.3) is 0 Å². The van der Waals surface area contributed by atoms with Gasteiger partial charge in [-0.25, -0.2) is 4.99 Å². The summed E-state index contributed by atoms with van der Waals surface area (Å²) in [6.07, 6.45) is 6.42. The van der Waals surface area contributed by atoms with Gasteiger partial charge in [0.1, 0.15) is 0 Å². The lowest BCUT2D eigenvalue weighted by Gasteiger charge is -2.18. The molecule has 0 spiro atoms. The average molecular weight is 425 g/mol. The molecule has 0 bridgehead atoms. The molecule has 0 radical (unpaired) electrons. The maximum atomic E-state index is 5.09. The zero-order valence-electron chi connectivity index (χ0n) is 18.2. The molecule has 1 aliphatic carbocycles. The first-order chi connectivity index (χ1) is 16.4. The SMILES string of the molecule is C1=C/C(=C(/Nc2ccccc2)c2ccccc2)C(C(=Nc2ccccc2)c2ccccc2)=C1. The summed E-state index contributed by atoms with van der Waals surface area (Å²) in [6, 6.07) is 41.3. The molecule has 4 aromatic carbocycles. The van der Waals surface area contributed by atoms with E-state index < -0.39 is 0 Å². The maximum absolute atomic E-state index is 5.09. The van der Waals surface area contributed by atoms with E-state index in [4.69, 9.17) is 4.99 Å². The van der Waals surface area contributed by atoms with Gasteiger partial charge in [-0.1, -0.05) is 115 Å². The van der Waals surface area contributed by atoms with Crippen LogP contribution in [0.15, 0.2) is 156 Å². The second-order valence-electron chi connectivity index (χ2n) is 7.75. The molecule has 0 aromatic heterocycles. The van der Waals surface area contributed by atoms with Crippen LogP contribution in [0.2, 0.25) is 0 Å². The van der Waals surface area contributed by atoms with Gasteiger partial charge in [0.2, 0.25) is 0 Å². The van der Waals surface area contributed by atoms with Crippen LogP contribution in [-0.4, -0.2) is 5.71 Å². The highest BCUT2D eigenvalue weighted by Crippen LogP contribution is 2.33. The molecule has 0 unspecified atom stereocenters. The topological polar surface area (TPSA) is 24.4 Å². The van der Waals surface area contributed by atoms with Gasteiger partial charge in [-0.3, -0.25) is 0 Å². The maximum Gasteiger partial charge on any atom is 0.0788 e. The van der Waals surface area contributed by atoms with Gasteiger partial charge < -0.3 is 5.32 Å². The van der Waals surface area contributed by atoms with E-state index in [1.54, 1.807) is 0 Å². The minimum Gasteiger partial charge on any atom is -0.355 e. The first kappa shape index (κ1) is 20.5. The van der Waals surface area contributed by atoms with E-state index >= 15 is 0 Å². The number of benzene rings is 4. The first-order valence-electron chi connectivity index (χ1n) is 11.1. The van der Waals surface area contributed by atoms with Crippen LogP contribution in [-0.2, 0) is 0 Å². The second kappa shape index (κ2) is 9.80. The summed E-state index contributed by atoms with van der Waals surface area (Å²) < 4.78 is 0. The molecule has 1 N–H and O–H groups in total. The molecular formula is C31H24N2. The molecule has 4 aromatic rings. The van der Waals surface area contributed by atoms with Gasteiger partial charge in [-0.2, -0.15) is 0 Å². The molecule has 0 amide bonds. The Balaban J connectivity index is 1.67. The molecule has 0 saturated carbocycles. The molecule has 158 valence electrons. The summed E-state index contributed by atoms with van der Waals surface area (Å²) in [5.74, 6) is 0. The van der Waals surface area contributed by atoms with Gasteiger partial charge in [-0.15, -0.1) is 0 Å². The van der Waals surface area contributed by atoms with E-state index in [9.17, 15) is 0 Å². The molecule has 0 atom stereocenters. The van der Waals surface area contributed by atoms with Crippen LogP contribution in [0.5, 0.6) is 0 Å². The number of para-hydroxylation sites is 2. The zero-order valence-corrected chi connectivity index (χ0v) is 18.2. The van der Waals surface area contributed by atoms with Crippen molar-refractivity contribution in [1.82, 2.24) is 0 Å². The number of allylic oxidation sites excluding steroid dienone is 5. The van der Waals surface area contributed by atoms with Gasteiger partial charge in [0, 0.05) is 22.4 Å². The summed E-state index contributed by atoms with van der Waals surface area (Å²) in [7, 11) is 0. The number of rotatable bonds is 6. The fourth-order valence-electron chi connectivity index (χ4n) is 3.92.